The SMILES string of the molecule is CSc1c2c(nn1C)CCN(C)C2. The molecule has 0 fully saturated rings. The maximum absolute atomic E-state index is 4.53. The summed E-state index contributed by atoms with van der Waals surface area (Å²) >= 11 is 1.79. The molecule has 2 heterocycles. The van der Waals surface area contributed by atoms with E-state index in [2.05, 4.69) is 23.3 Å². The molecule has 3 nitrogen and oxygen atoms in total. The number of aromatic nitrogens is 2. The molecule has 2 rings (SSSR count). The van der Waals surface area contributed by atoms with Crippen LogP contribution < -0.4 is 0 Å². The molecule has 0 saturated heterocycles. The Morgan fingerprint density at radius 2 is 2.15 bits per heavy atom. The molecule has 1 aromatic rings. The summed E-state index contributed by atoms with van der Waals surface area (Å²) in [7, 11) is 4.20. The summed E-state index contributed by atoms with van der Waals surface area (Å²) in [5, 5.41) is 5.85. The number of thioether (sulfide) groups is 1. The van der Waals surface area contributed by atoms with Gasteiger partial charge in [-0.2, -0.15) is 5.10 Å². The van der Waals surface area contributed by atoms with E-state index in [1.807, 2.05) is 11.7 Å². The van der Waals surface area contributed by atoms with Gasteiger partial charge in [-0.1, -0.05) is 0 Å². The predicted octanol–water partition coefficient (Wildman–Crippen LogP) is 1.13. The average Bonchev–Trinajstić information content (AvgIpc) is 2.40. The molecular weight excluding hydrogens is 182 g/mol. The van der Waals surface area contributed by atoms with E-state index < -0.39 is 0 Å². The van der Waals surface area contributed by atoms with Crippen molar-refractivity contribution in [3.63, 3.8) is 0 Å². The normalized spacial score (nSPS) is 17.5. The summed E-state index contributed by atoms with van der Waals surface area (Å²) in [4.78, 5) is 2.35. The Hall–Kier alpha value is -0.480. The first-order valence-electron chi connectivity index (χ1n) is 4.49. The van der Waals surface area contributed by atoms with Crippen molar-refractivity contribution in [3.8, 4) is 0 Å². The third-order valence-electron chi connectivity index (χ3n) is 2.52. The molecule has 13 heavy (non-hydrogen) atoms. The van der Waals surface area contributed by atoms with Gasteiger partial charge in [-0.25, -0.2) is 0 Å². The minimum Gasteiger partial charge on any atom is -0.302 e. The number of nitrogens with zero attached hydrogens (tertiary/aromatic N) is 3. The van der Waals surface area contributed by atoms with Gasteiger partial charge >= 0.3 is 0 Å². The van der Waals surface area contributed by atoms with Gasteiger partial charge < -0.3 is 4.90 Å². The molecule has 1 aliphatic heterocycles. The van der Waals surface area contributed by atoms with Crippen LogP contribution in [0.1, 0.15) is 11.3 Å². The second-order valence-corrected chi connectivity index (χ2v) is 4.34. The van der Waals surface area contributed by atoms with E-state index in [0.29, 0.717) is 0 Å². The fourth-order valence-electron chi connectivity index (χ4n) is 1.87. The first kappa shape index (κ1) is 9.09. The van der Waals surface area contributed by atoms with Gasteiger partial charge in [-0.05, 0) is 13.3 Å². The van der Waals surface area contributed by atoms with Crippen LogP contribution in [0.25, 0.3) is 0 Å². The maximum atomic E-state index is 4.53. The highest BCUT2D eigenvalue weighted by Crippen LogP contribution is 2.27. The Labute approximate surface area is 83.1 Å². The highest BCUT2D eigenvalue weighted by Gasteiger charge is 2.20. The van der Waals surface area contributed by atoms with Crippen molar-refractivity contribution in [1.29, 1.82) is 0 Å². The summed E-state index contributed by atoms with van der Waals surface area (Å²) in [5.74, 6) is 0. The zero-order chi connectivity index (χ0) is 9.42. The monoisotopic (exact) mass is 197 g/mol. The van der Waals surface area contributed by atoms with Crippen molar-refractivity contribution >= 4 is 11.8 Å². The van der Waals surface area contributed by atoms with Gasteiger partial charge in [0.05, 0.1) is 10.7 Å². The molecule has 4 heteroatoms. The lowest BCUT2D eigenvalue weighted by Crippen LogP contribution is -2.26. The smallest absolute Gasteiger partial charge is 0.0981 e. The van der Waals surface area contributed by atoms with Gasteiger partial charge in [-0.3, -0.25) is 4.68 Å². The second kappa shape index (κ2) is 3.35. The van der Waals surface area contributed by atoms with Gasteiger partial charge in [0.2, 0.25) is 0 Å². The summed E-state index contributed by atoms with van der Waals surface area (Å²) in [6.45, 7) is 2.19. The third kappa shape index (κ3) is 1.48. The number of likely N-dealkylation sites (N-methyl/N-ethyl adjacent to an activating group) is 1. The lowest BCUT2D eigenvalue weighted by atomic mass is 10.1. The van der Waals surface area contributed by atoms with E-state index in [0.717, 1.165) is 19.5 Å². The van der Waals surface area contributed by atoms with Crippen LogP contribution in [0.3, 0.4) is 0 Å². The number of rotatable bonds is 1. The highest BCUT2D eigenvalue weighted by molar-refractivity contribution is 7.98. The molecule has 0 atom stereocenters. The quantitative estimate of drug-likeness (QED) is 0.630. The summed E-state index contributed by atoms with van der Waals surface area (Å²) in [6, 6.07) is 0. The van der Waals surface area contributed by atoms with Crippen LogP contribution >= 0.6 is 11.8 Å². The van der Waals surface area contributed by atoms with E-state index in [1.165, 1.54) is 16.3 Å². The Balaban J connectivity index is 2.42. The van der Waals surface area contributed by atoms with Crippen LogP contribution in [0.15, 0.2) is 5.03 Å². The summed E-state index contributed by atoms with van der Waals surface area (Å²) in [5.41, 5.74) is 2.73. The molecule has 0 unspecified atom stereocenters. The standard InChI is InChI=1S/C9H15N3S/c1-11-5-4-8-7(6-11)9(13-3)12(2)10-8/h4-6H2,1-3H3. The van der Waals surface area contributed by atoms with Crippen LogP contribution in [-0.2, 0) is 20.0 Å². The van der Waals surface area contributed by atoms with Crippen molar-refractivity contribution in [1.82, 2.24) is 14.7 Å². The van der Waals surface area contributed by atoms with Crippen molar-refractivity contribution in [2.45, 2.75) is 18.0 Å². The Kier molecular flexibility index (Phi) is 2.34. The van der Waals surface area contributed by atoms with E-state index in [1.54, 1.807) is 11.8 Å². The minimum absolute atomic E-state index is 1.05. The first-order valence-corrected chi connectivity index (χ1v) is 5.72. The molecule has 1 aromatic heterocycles. The largest absolute Gasteiger partial charge is 0.302 e. The van der Waals surface area contributed by atoms with E-state index in [-0.39, 0.29) is 0 Å². The van der Waals surface area contributed by atoms with Crippen LogP contribution in [0.4, 0.5) is 0 Å². The average molecular weight is 197 g/mol. The Bertz CT molecular complexity index is 319. The van der Waals surface area contributed by atoms with E-state index in [4.69, 9.17) is 0 Å². The lowest BCUT2D eigenvalue weighted by Gasteiger charge is -2.21. The lowest BCUT2D eigenvalue weighted by molar-refractivity contribution is 0.309. The maximum Gasteiger partial charge on any atom is 0.0981 e. The molecule has 1 aliphatic rings. The van der Waals surface area contributed by atoms with Crippen molar-refractivity contribution in [2.75, 3.05) is 19.8 Å². The van der Waals surface area contributed by atoms with E-state index >= 15 is 0 Å². The zero-order valence-corrected chi connectivity index (χ0v) is 9.19. The molecule has 0 amide bonds. The number of hydrogen-bond donors (Lipinski definition) is 0. The fourth-order valence-corrected chi connectivity index (χ4v) is 2.60. The van der Waals surface area contributed by atoms with Crippen LogP contribution in [-0.4, -0.2) is 34.5 Å². The molecular formula is C9H15N3S. The molecule has 72 valence electrons. The fraction of sp³-hybridized carbons (Fsp3) is 0.667. The van der Waals surface area contributed by atoms with Crippen molar-refractivity contribution in [2.24, 2.45) is 7.05 Å². The van der Waals surface area contributed by atoms with Gasteiger partial charge in [0.25, 0.3) is 0 Å². The Morgan fingerprint density at radius 3 is 2.85 bits per heavy atom. The second-order valence-electron chi connectivity index (χ2n) is 3.55. The molecule has 0 N–H and O–H groups in total. The van der Waals surface area contributed by atoms with Crippen LogP contribution in [0.5, 0.6) is 0 Å². The number of fused-ring (bicyclic) bond motifs is 1. The topological polar surface area (TPSA) is 21.1 Å². The number of aryl methyl sites for hydroxylation is 1. The summed E-state index contributed by atoms with van der Waals surface area (Å²) < 4.78 is 2.01. The Morgan fingerprint density at radius 1 is 1.38 bits per heavy atom. The predicted molar refractivity (Wildman–Crippen MR) is 55.0 cm³/mol. The van der Waals surface area contributed by atoms with Gasteiger partial charge in [0.1, 0.15) is 0 Å². The molecule has 0 aliphatic carbocycles. The van der Waals surface area contributed by atoms with Crippen LogP contribution in [0, 0.1) is 0 Å². The zero-order valence-electron chi connectivity index (χ0n) is 8.37. The van der Waals surface area contributed by atoms with Crippen molar-refractivity contribution < 1.29 is 0 Å². The molecule has 0 bridgehead atoms. The molecule has 0 radical (unpaired) electrons. The van der Waals surface area contributed by atoms with E-state index in [9.17, 15) is 0 Å². The molecule has 0 aromatic carbocycles. The third-order valence-corrected chi connectivity index (χ3v) is 3.42. The van der Waals surface area contributed by atoms with Gasteiger partial charge in [-0.15, -0.1) is 11.8 Å². The first-order chi connectivity index (χ1) is 6.22. The molecule has 0 spiro atoms. The van der Waals surface area contributed by atoms with Crippen molar-refractivity contribution in [3.05, 3.63) is 11.3 Å². The number of hydrogen-bond acceptors (Lipinski definition) is 3. The summed E-state index contributed by atoms with van der Waals surface area (Å²) in [6.07, 6.45) is 3.21. The molecule has 0 saturated carbocycles. The van der Waals surface area contributed by atoms with Gasteiger partial charge in [0.15, 0.2) is 0 Å². The van der Waals surface area contributed by atoms with Gasteiger partial charge in [0, 0.05) is 32.1 Å². The highest BCUT2D eigenvalue weighted by atomic mass is 32.2. The van der Waals surface area contributed by atoms with Crippen LogP contribution in [0.2, 0.25) is 0 Å². The minimum atomic E-state index is 1.05.